The molecule has 0 aliphatic heterocycles. The number of nitrogens with zero attached hydrogens (tertiary/aromatic N) is 1. The standard InChI is InChI=1S/C13H22N2O4S/c1-11-4-5-12(10-13(11)14)20(16,17)15(6-8-18-2)7-9-19-3/h4-5,10H,6-9,14H2,1-3H3. The minimum atomic E-state index is -3.59. The molecule has 0 atom stereocenters. The Hall–Kier alpha value is -1.15. The van der Waals surface area contributed by atoms with Crippen molar-refractivity contribution in [2.45, 2.75) is 11.8 Å². The maximum absolute atomic E-state index is 12.6. The third-order valence-corrected chi connectivity index (χ3v) is 4.87. The van der Waals surface area contributed by atoms with Crippen LogP contribution < -0.4 is 5.73 Å². The zero-order valence-electron chi connectivity index (χ0n) is 12.1. The lowest BCUT2D eigenvalue weighted by atomic mass is 10.2. The fraction of sp³-hybridized carbons (Fsp3) is 0.538. The highest BCUT2D eigenvalue weighted by atomic mass is 32.2. The van der Waals surface area contributed by atoms with E-state index in [1.807, 2.05) is 6.92 Å². The molecule has 7 heteroatoms. The highest BCUT2D eigenvalue weighted by molar-refractivity contribution is 7.89. The average Bonchev–Trinajstić information content (AvgIpc) is 2.41. The molecule has 0 spiro atoms. The van der Waals surface area contributed by atoms with Crippen molar-refractivity contribution in [3.63, 3.8) is 0 Å². The lowest BCUT2D eigenvalue weighted by Crippen LogP contribution is -2.36. The lowest BCUT2D eigenvalue weighted by Gasteiger charge is -2.22. The van der Waals surface area contributed by atoms with Crippen LogP contribution in [-0.2, 0) is 19.5 Å². The molecule has 0 bridgehead atoms. The Morgan fingerprint density at radius 1 is 1.15 bits per heavy atom. The molecule has 1 aromatic rings. The van der Waals surface area contributed by atoms with Crippen LogP contribution in [0.2, 0.25) is 0 Å². The third-order valence-electron chi connectivity index (χ3n) is 2.98. The van der Waals surface area contributed by atoms with Gasteiger partial charge in [0.05, 0.1) is 18.1 Å². The Morgan fingerprint density at radius 3 is 2.15 bits per heavy atom. The van der Waals surface area contributed by atoms with Crippen molar-refractivity contribution in [3.8, 4) is 0 Å². The summed E-state index contributed by atoms with van der Waals surface area (Å²) in [5.41, 5.74) is 7.10. The summed E-state index contributed by atoms with van der Waals surface area (Å²) in [4.78, 5) is 0.188. The van der Waals surface area contributed by atoms with Crippen LogP contribution in [0.15, 0.2) is 23.1 Å². The molecule has 1 aromatic carbocycles. The van der Waals surface area contributed by atoms with Gasteiger partial charge in [-0.1, -0.05) is 6.07 Å². The lowest BCUT2D eigenvalue weighted by molar-refractivity contribution is 0.150. The summed E-state index contributed by atoms with van der Waals surface area (Å²) in [5, 5.41) is 0. The molecule has 0 unspecified atom stereocenters. The summed E-state index contributed by atoms with van der Waals surface area (Å²) in [7, 11) is -0.526. The number of hydrogen-bond donors (Lipinski definition) is 1. The highest BCUT2D eigenvalue weighted by Crippen LogP contribution is 2.20. The monoisotopic (exact) mass is 302 g/mol. The quantitative estimate of drug-likeness (QED) is 0.720. The Kier molecular flexibility index (Phi) is 6.41. The molecule has 0 heterocycles. The molecular formula is C13H22N2O4S. The SMILES string of the molecule is COCCN(CCOC)S(=O)(=O)c1ccc(C)c(N)c1. The van der Waals surface area contributed by atoms with E-state index in [1.165, 1.54) is 24.6 Å². The van der Waals surface area contributed by atoms with Gasteiger partial charge in [0.25, 0.3) is 0 Å². The molecule has 6 nitrogen and oxygen atoms in total. The van der Waals surface area contributed by atoms with Crippen molar-refractivity contribution >= 4 is 15.7 Å². The average molecular weight is 302 g/mol. The van der Waals surface area contributed by atoms with Crippen LogP contribution in [0.1, 0.15) is 5.56 Å². The number of rotatable bonds is 8. The Bertz CT molecular complexity index is 523. The molecule has 1 rings (SSSR count). The molecule has 0 aliphatic carbocycles. The molecule has 0 aliphatic rings. The van der Waals surface area contributed by atoms with Gasteiger partial charge in [0.1, 0.15) is 0 Å². The number of benzene rings is 1. The summed E-state index contributed by atoms with van der Waals surface area (Å²) in [6.45, 7) is 3.03. The minimum absolute atomic E-state index is 0.188. The van der Waals surface area contributed by atoms with Crippen molar-refractivity contribution in [1.29, 1.82) is 0 Å². The van der Waals surface area contributed by atoms with E-state index in [-0.39, 0.29) is 18.0 Å². The van der Waals surface area contributed by atoms with Gasteiger partial charge in [0, 0.05) is 33.0 Å². The van der Waals surface area contributed by atoms with Crippen molar-refractivity contribution in [2.75, 3.05) is 46.3 Å². The molecule has 114 valence electrons. The smallest absolute Gasteiger partial charge is 0.243 e. The predicted octanol–water partition coefficient (Wildman–Crippen LogP) is 0.861. The van der Waals surface area contributed by atoms with Crippen LogP contribution in [0.4, 0.5) is 5.69 Å². The normalized spacial score (nSPS) is 12.0. The summed E-state index contributed by atoms with van der Waals surface area (Å²) in [6.07, 6.45) is 0. The van der Waals surface area contributed by atoms with Gasteiger partial charge in [0.15, 0.2) is 0 Å². The molecule has 2 N–H and O–H groups in total. The van der Waals surface area contributed by atoms with Gasteiger partial charge in [-0.25, -0.2) is 8.42 Å². The third kappa shape index (κ3) is 4.17. The Labute approximate surface area is 120 Å². The number of sulfonamides is 1. The van der Waals surface area contributed by atoms with Crippen LogP contribution in [0.3, 0.4) is 0 Å². The maximum atomic E-state index is 12.6. The van der Waals surface area contributed by atoms with Crippen molar-refractivity contribution < 1.29 is 17.9 Å². The summed E-state index contributed by atoms with van der Waals surface area (Å²) >= 11 is 0. The van der Waals surface area contributed by atoms with E-state index in [0.29, 0.717) is 18.9 Å². The number of ether oxygens (including phenoxy) is 2. The molecule has 0 radical (unpaired) electrons. The largest absolute Gasteiger partial charge is 0.398 e. The van der Waals surface area contributed by atoms with Gasteiger partial charge in [-0.2, -0.15) is 4.31 Å². The van der Waals surface area contributed by atoms with E-state index in [4.69, 9.17) is 15.2 Å². The second-order valence-electron chi connectivity index (χ2n) is 4.41. The number of hydrogen-bond acceptors (Lipinski definition) is 5. The molecule has 20 heavy (non-hydrogen) atoms. The zero-order chi connectivity index (χ0) is 15.2. The number of methoxy groups -OCH3 is 2. The second kappa shape index (κ2) is 7.58. The van der Waals surface area contributed by atoms with Crippen molar-refractivity contribution in [2.24, 2.45) is 0 Å². The molecule has 0 amide bonds. The summed E-state index contributed by atoms with van der Waals surface area (Å²) < 4.78 is 36.4. The zero-order valence-corrected chi connectivity index (χ0v) is 12.9. The van der Waals surface area contributed by atoms with Gasteiger partial charge in [-0.05, 0) is 24.6 Å². The van der Waals surface area contributed by atoms with Crippen molar-refractivity contribution in [1.82, 2.24) is 4.31 Å². The van der Waals surface area contributed by atoms with Crippen LogP contribution in [0.5, 0.6) is 0 Å². The minimum Gasteiger partial charge on any atom is -0.398 e. The molecule has 0 fully saturated rings. The Balaban J connectivity index is 3.03. The number of anilines is 1. The van der Waals surface area contributed by atoms with Crippen LogP contribution in [-0.4, -0.2) is 53.2 Å². The van der Waals surface area contributed by atoms with Gasteiger partial charge < -0.3 is 15.2 Å². The van der Waals surface area contributed by atoms with Crippen LogP contribution in [0.25, 0.3) is 0 Å². The molecule has 0 aromatic heterocycles. The van der Waals surface area contributed by atoms with Crippen molar-refractivity contribution in [3.05, 3.63) is 23.8 Å². The van der Waals surface area contributed by atoms with E-state index >= 15 is 0 Å². The first-order valence-electron chi connectivity index (χ1n) is 6.27. The highest BCUT2D eigenvalue weighted by Gasteiger charge is 2.24. The number of nitrogen functional groups attached to an aromatic ring is 1. The number of aryl methyl sites for hydroxylation is 1. The maximum Gasteiger partial charge on any atom is 0.243 e. The first-order valence-corrected chi connectivity index (χ1v) is 7.71. The van der Waals surface area contributed by atoms with E-state index in [2.05, 4.69) is 0 Å². The van der Waals surface area contributed by atoms with E-state index in [1.54, 1.807) is 12.1 Å². The molecule has 0 saturated heterocycles. The number of nitrogens with two attached hydrogens (primary N) is 1. The first kappa shape index (κ1) is 16.9. The second-order valence-corrected chi connectivity index (χ2v) is 6.35. The van der Waals surface area contributed by atoms with Gasteiger partial charge in [-0.3, -0.25) is 0 Å². The molecular weight excluding hydrogens is 280 g/mol. The van der Waals surface area contributed by atoms with Gasteiger partial charge in [0.2, 0.25) is 10.0 Å². The molecule has 0 saturated carbocycles. The van der Waals surface area contributed by atoms with Gasteiger partial charge >= 0.3 is 0 Å². The Morgan fingerprint density at radius 2 is 1.70 bits per heavy atom. The summed E-state index contributed by atoms with van der Waals surface area (Å²) in [6, 6.07) is 4.75. The topological polar surface area (TPSA) is 81.9 Å². The van der Waals surface area contributed by atoms with E-state index < -0.39 is 10.0 Å². The van der Waals surface area contributed by atoms with Crippen LogP contribution >= 0.6 is 0 Å². The predicted molar refractivity (Wildman–Crippen MR) is 78.1 cm³/mol. The van der Waals surface area contributed by atoms with E-state index in [9.17, 15) is 8.42 Å². The van der Waals surface area contributed by atoms with E-state index in [0.717, 1.165) is 5.56 Å². The van der Waals surface area contributed by atoms with Gasteiger partial charge in [-0.15, -0.1) is 0 Å². The fourth-order valence-electron chi connectivity index (χ4n) is 1.67. The van der Waals surface area contributed by atoms with Crippen LogP contribution in [0, 0.1) is 6.92 Å². The fourth-order valence-corrected chi connectivity index (χ4v) is 3.11. The summed E-state index contributed by atoms with van der Waals surface area (Å²) in [5.74, 6) is 0. The first-order chi connectivity index (χ1) is 9.43.